The Morgan fingerprint density at radius 1 is 0.667 bits per heavy atom. The van der Waals surface area contributed by atoms with Crippen LogP contribution >= 0.6 is 33.4 Å². The first-order valence-corrected chi connectivity index (χ1v) is 6.73. The van der Waals surface area contributed by atoms with Crippen molar-refractivity contribution in [2.45, 2.75) is 0 Å². The topological polar surface area (TPSA) is 250 Å². The number of hydrogen-bond donors (Lipinski definition) is 3. The summed E-state index contributed by atoms with van der Waals surface area (Å²) in [5.41, 5.74) is 0. The van der Waals surface area contributed by atoms with Gasteiger partial charge < -0.3 is 53.2 Å². The molecular weight excluding hydrogens is 501 g/mol. The minimum atomic E-state index is -5.39. The molecule has 0 spiro atoms. The van der Waals surface area contributed by atoms with Gasteiger partial charge in [0.25, 0.3) is 0 Å². The molecule has 3 N–H and O–H groups in total. The Morgan fingerprint density at radius 2 is 0.667 bits per heavy atom. The van der Waals surface area contributed by atoms with Crippen LogP contribution in [-0.2, 0) is 35.4 Å². The summed E-state index contributed by atoms with van der Waals surface area (Å²) in [4.78, 5) is 72.9. The van der Waals surface area contributed by atoms with Gasteiger partial charge in [-0.25, -0.2) is 4.57 Å². The van der Waals surface area contributed by atoms with Crippen LogP contribution in [0.3, 0.4) is 0 Å². The van der Waals surface area contributed by atoms with E-state index in [1.165, 1.54) is 0 Å². The van der Waals surface area contributed by atoms with Crippen LogP contribution in [0.1, 0.15) is 0 Å². The molecule has 0 aromatic carbocycles. The minimum absolute atomic E-state index is 0. The molecule has 0 aromatic rings. The first-order chi connectivity index (χ1) is 6.00. The van der Waals surface area contributed by atoms with Crippen molar-refractivity contribution >= 4 is 82.2 Å². The van der Waals surface area contributed by atoms with Gasteiger partial charge in [-0.05, 0) is 0 Å². The van der Waals surface area contributed by atoms with Crippen molar-refractivity contribution < 1.29 is 79.5 Å². The maximum absolute atomic E-state index is 8.88. The van der Waals surface area contributed by atoms with Gasteiger partial charge in [0.05, 0.1) is 0 Å². The molecule has 0 fully saturated rings. The van der Waals surface area contributed by atoms with Crippen molar-refractivity contribution in [2.75, 3.05) is 0 Å². The second-order valence-electron chi connectivity index (χ2n) is 1.41. The van der Waals surface area contributed by atoms with Crippen molar-refractivity contribution in [3.05, 3.63) is 0 Å². The van der Waals surface area contributed by atoms with Crippen molar-refractivity contribution in [2.24, 2.45) is 0 Å². The predicted molar refractivity (Wildman–Crippen MR) is 46.3 cm³/mol. The summed E-state index contributed by atoms with van der Waals surface area (Å²) in [5.74, 6) is 0. The largest absolute Gasteiger partial charge is 4.00 e. The average Bonchev–Trinajstić information content (AvgIpc) is 1.41. The van der Waals surface area contributed by atoms with Gasteiger partial charge in [0.2, 0.25) is 0 Å². The van der Waals surface area contributed by atoms with Crippen LogP contribution in [0.25, 0.3) is 0 Å². The Morgan fingerprint density at radius 3 is 0.667 bits per heavy atom. The second kappa shape index (κ2) is 16.4. The van der Waals surface area contributed by atoms with E-state index >= 15 is 0 Å². The molecule has 0 aromatic heterocycles. The van der Waals surface area contributed by atoms with Crippen molar-refractivity contribution in [1.29, 1.82) is 0 Å². The normalized spacial score (nSPS) is 9.83. The molecule has 0 rings (SSSR count). The zero-order chi connectivity index (χ0) is 13.5. The van der Waals surface area contributed by atoms with E-state index in [1.807, 2.05) is 0 Å². The van der Waals surface area contributed by atoms with Crippen molar-refractivity contribution in [1.82, 2.24) is 0 Å². The number of hydrogen-bond acceptors (Lipinski definition) is 9. The monoisotopic (exact) mass is 508 g/mol. The molecule has 0 radical (unpaired) electrons. The van der Waals surface area contributed by atoms with Crippen LogP contribution in [0.15, 0.2) is 0 Å². The standard InChI is InChI=1S/Ba.3H3O4P.H3P.Ti/c;3*1-5(2,3)4;;/h;3*(H3,1,2,3,4);1H3;/q+2;;;;;+4/p-6. The van der Waals surface area contributed by atoms with Gasteiger partial charge >= 0.3 is 78.4 Å². The maximum atomic E-state index is 8.88. The van der Waals surface area contributed by atoms with Gasteiger partial charge in [-0.2, -0.15) is 25.5 Å². The average molecular weight is 507 g/mol. The van der Waals surface area contributed by atoms with Crippen LogP contribution in [-0.4, -0.2) is 63.6 Å². The quantitative estimate of drug-likeness (QED) is 0.204. The summed E-state index contributed by atoms with van der Waals surface area (Å²) >= 11 is 0. The summed E-state index contributed by atoms with van der Waals surface area (Å²) in [6.07, 6.45) is 0. The van der Waals surface area contributed by atoms with E-state index in [4.69, 9.17) is 57.7 Å². The first-order valence-electron chi connectivity index (χ1n) is 2.24. The maximum Gasteiger partial charge on any atom is 4.00 e. The predicted octanol–water partition coefficient (Wildman–Crippen LogP) is -6.90. The van der Waals surface area contributed by atoms with E-state index in [0.717, 1.165) is 0 Å². The molecule has 104 valence electrons. The molecule has 0 bridgehead atoms. The molecule has 0 saturated heterocycles. The first kappa shape index (κ1) is 37.4. The summed E-state index contributed by atoms with van der Waals surface area (Å²) in [6.45, 7) is 0. The van der Waals surface area contributed by atoms with Gasteiger partial charge in [0, 0.05) is 0 Å². The van der Waals surface area contributed by atoms with E-state index in [-0.39, 0.29) is 80.5 Å². The zero-order valence-electron chi connectivity index (χ0n) is 8.27. The Kier molecular flexibility index (Phi) is 34.1. The van der Waals surface area contributed by atoms with Crippen LogP contribution in [0.5, 0.6) is 0 Å². The Balaban J connectivity index is -0.0000000277. The van der Waals surface area contributed by atoms with E-state index in [2.05, 4.69) is 0 Å². The van der Waals surface area contributed by atoms with Crippen LogP contribution in [0.4, 0.5) is 0 Å². The van der Waals surface area contributed by atoms with Crippen LogP contribution in [0.2, 0.25) is 0 Å². The Bertz CT molecular complexity index is 210. The third-order valence-corrected chi connectivity index (χ3v) is 0. The van der Waals surface area contributed by atoms with Crippen LogP contribution in [0, 0.1) is 0 Å². The molecule has 0 amide bonds. The second-order valence-corrected chi connectivity index (χ2v) is 4.22. The van der Waals surface area contributed by atoms with Gasteiger partial charge in [-0.15, -0.1) is 0 Å². The Hall–Kier alpha value is 3.05. The molecule has 0 aliphatic rings. The van der Waals surface area contributed by atoms with E-state index in [1.54, 1.807) is 0 Å². The van der Waals surface area contributed by atoms with Crippen molar-refractivity contribution in [3.63, 3.8) is 0 Å². The summed E-state index contributed by atoms with van der Waals surface area (Å²) in [6, 6.07) is 0. The fourth-order valence-corrected chi connectivity index (χ4v) is 0. The summed E-state index contributed by atoms with van der Waals surface area (Å²) in [7, 11) is -15.4. The van der Waals surface area contributed by atoms with Crippen molar-refractivity contribution in [3.8, 4) is 0 Å². The van der Waals surface area contributed by atoms with E-state index in [0.29, 0.717) is 0 Å². The number of rotatable bonds is 0. The van der Waals surface area contributed by atoms with Gasteiger partial charge in [-0.3, -0.25) is 0 Å². The van der Waals surface area contributed by atoms with Gasteiger partial charge in [-0.1, -0.05) is 0 Å². The third kappa shape index (κ3) is 669. The van der Waals surface area contributed by atoms with E-state index < -0.39 is 23.5 Å². The SMILES string of the molecule is O=P(O)(O)O.O=P([O-])([O-])[O-].O=P([O-])([O-])[O-].P.[Ba+2].[Ti+4]. The molecule has 0 aliphatic heterocycles. The van der Waals surface area contributed by atoms with Gasteiger partial charge in [0.15, 0.2) is 0 Å². The fourth-order valence-electron chi connectivity index (χ4n) is 0. The summed E-state index contributed by atoms with van der Waals surface area (Å²) < 4.78 is 26.0. The van der Waals surface area contributed by atoms with Crippen LogP contribution < -0.4 is 29.4 Å². The summed E-state index contributed by atoms with van der Waals surface area (Å²) in [5, 5.41) is 0. The smallest absolute Gasteiger partial charge is 0.822 e. The molecule has 1 atom stereocenters. The molecule has 12 nitrogen and oxygen atoms in total. The third-order valence-electron chi connectivity index (χ3n) is 0. The van der Waals surface area contributed by atoms with E-state index in [9.17, 15) is 0 Å². The fraction of sp³-hybridized carbons (Fsp3) is 0. The molecule has 0 heterocycles. The molecular formula is H6BaO12P4Ti. The number of phosphoric acid groups is 3. The van der Waals surface area contributed by atoms with Gasteiger partial charge in [0.1, 0.15) is 0 Å². The molecule has 18 heteroatoms. The molecule has 1 unspecified atom stereocenters. The molecule has 0 aliphatic carbocycles. The minimum Gasteiger partial charge on any atom is -0.822 e. The molecule has 18 heavy (non-hydrogen) atoms. The zero-order valence-corrected chi connectivity index (χ0v) is 18.4. The molecule has 0 saturated carbocycles. The Labute approximate surface area is 160 Å².